The van der Waals surface area contributed by atoms with Gasteiger partial charge in [-0.15, -0.1) is 0 Å². The molecule has 3 aliphatic heterocycles. The number of nitrogens with two attached hydrogens (primary N) is 1. The molecule has 3 aliphatic rings. The number of fused-ring (bicyclic) bond motifs is 4. The van der Waals surface area contributed by atoms with E-state index >= 15 is 0 Å². The molecule has 0 radical (unpaired) electrons. The van der Waals surface area contributed by atoms with E-state index in [1.165, 1.54) is 12.0 Å². The molecule has 10 heteroatoms. The number of carbonyl (C=O) groups excluding carboxylic acids is 4. The van der Waals surface area contributed by atoms with Gasteiger partial charge in [-0.25, -0.2) is 0 Å². The number of hydrogen-bond donors (Lipinski definition) is 3. The minimum absolute atomic E-state index is 0.0130. The van der Waals surface area contributed by atoms with Crippen molar-refractivity contribution in [3.8, 4) is 5.75 Å². The standard InChI is InChI=1S/C25H25ClN4O5/c1-12-15(26)8-7-14-21(12)28-24(34)25(14)20-19(16(29-25)9-10-18(27)31)22(32)30(23(20)33)11-13-5-3-4-6-17(13)35-2/h3-8,16,19-20,29H,9-11H2,1-2H3,(H2,27,31)(H,28,34)/t16-,19-,20-,25-/m0/s1. The van der Waals surface area contributed by atoms with Gasteiger partial charge in [0.15, 0.2) is 0 Å². The van der Waals surface area contributed by atoms with Crippen molar-refractivity contribution >= 4 is 40.9 Å². The van der Waals surface area contributed by atoms with E-state index in [9.17, 15) is 19.2 Å². The Kier molecular flexibility index (Phi) is 5.56. The highest BCUT2D eigenvalue weighted by Gasteiger charge is 2.70. The lowest BCUT2D eigenvalue weighted by Crippen LogP contribution is -2.53. The number of likely N-dealkylation sites (tertiary alicyclic amines) is 1. The van der Waals surface area contributed by atoms with Crippen LogP contribution in [-0.2, 0) is 31.3 Å². The minimum Gasteiger partial charge on any atom is -0.496 e. The second-order valence-electron chi connectivity index (χ2n) is 9.19. The number of anilines is 1. The third-order valence-electron chi connectivity index (χ3n) is 7.40. The Labute approximate surface area is 206 Å². The van der Waals surface area contributed by atoms with Crippen LogP contribution in [0.5, 0.6) is 5.75 Å². The van der Waals surface area contributed by atoms with Crippen molar-refractivity contribution in [2.75, 3.05) is 12.4 Å². The van der Waals surface area contributed by atoms with Crippen LogP contribution in [-0.4, -0.2) is 41.7 Å². The van der Waals surface area contributed by atoms with Crippen LogP contribution >= 0.6 is 11.6 Å². The number of methoxy groups -OCH3 is 1. The van der Waals surface area contributed by atoms with E-state index in [4.69, 9.17) is 22.1 Å². The molecule has 5 rings (SSSR count). The zero-order chi connectivity index (χ0) is 25.1. The maximum atomic E-state index is 13.9. The molecule has 2 aromatic carbocycles. The second-order valence-corrected chi connectivity index (χ2v) is 9.60. The maximum absolute atomic E-state index is 13.9. The molecule has 0 aliphatic carbocycles. The number of nitrogens with one attached hydrogen (secondary N) is 2. The number of rotatable bonds is 6. The zero-order valence-corrected chi connectivity index (χ0v) is 20.0. The topological polar surface area (TPSA) is 131 Å². The van der Waals surface area contributed by atoms with Crippen LogP contribution in [0.4, 0.5) is 5.69 Å². The highest BCUT2D eigenvalue weighted by atomic mass is 35.5. The van der Waals surface area contributed by atoms with Gasteiger partial charge in [-0.2, -0.15) is 0 Å². The number of benzene rings is 2. The van der Waals surface area contributed by atoms with E-state index in [1.54, 1.807) is 43.3 Å². The molecular weight excluding hydrogens is 472 g/mol. The molecule has 2 saturated heterocycles. The first-order valence-corrected chi connectivity index (χ1v) is 11.7. The summed E-state index contributed by atoms with van der Waals surface area (Å²) in [7, 11) is 1.52. The van der Waals surface area contributed by atoms with E-state index in [0.29, 0.717) is 33.1 Å². The summed E-state index contributed by atoms with van der Waals surface area (Å²) in [6, 6.07) is 9.94. The summed E-state index contributed by atoms with van der Waals surface area (Å²) in [5.41, 5.74) is 6.38. The minimum atomic E-state index is -1.46. The molecule has 0 saturated carbocycles. The van der Waals surface area contributed by atoms with Gasteiger partial charge in [0.2, 0.25) is 23.6 Å². The van der Waals surface area contributed by atoms with Crippen molar-refractivity contribution in [1.29, 1.82) is 0 Å². The van der Waals surface area contributed by atoms with Gasteiger partial charge in [-0.3, -0.25) is 29.4 Å². The van der Waals surface area contributed by atoms with Crippen molar-refractivity contribution in [2.45, 2.75) is 37.9 Å². The lowest BCUT2D eigenvalue weighted by Gasteiger charge is -2.29. The summed E-state index contributed by atoms with van der Waals surface area (Å²) in [5, 5.41) is 6.64. The number of amides is 4. The number of ether oxygens (including phenoxy) is 1. The molecule has 3 heterocycles. The molecule has 4 atom stereocenters. The van der Waals surface area contributed by atoms with Crippen molar-refractivity contribution in [3.05, 3.63) is 58.1 Å². The Morgan fingerprint density at radius 1 is 1.17 bits per heavy atom. The third-order valence-corrected chi connectivity index (χ3v) is 7.81. The lowest BCUT2D eigenvalue weighted by atomic mass is 9.76. The largest absolute Gasteiger partial charge is 0.496 e. The maximum Gasteiger partial charge on any atom is 0.250 e. The number of imide groups is 1. The average molecular weight is 497 g/mol. The Morgan fingerprint density at radius 2 is 1.91 bits per heavy atom. The van der Waals surface area contributed by atoms with Crippen molar-refractivity contribution in [2.24, 2.45) is 17.6 Å². The summed E-state index contributed by atoms with van der Waals surface area (Å²) in [4.78, 5) is 53.9. The monoisotopic (exact) mass is 496 g/mol. The van der Waals surface area contributed by atoms with Gasteiger partial charge in [0.05, 0.1) is 31.2 Å². The fourth-order valence-corrected chi connectivity index (χ4v) is 5.91. The van der Waals surface area contributed by atoms with Crippen molar-refractivity contribution in [3.63, 3.8) is 0 Å². The molecule has 35 heavy (non-hydrogen) atoms. The predicted octanol–water partition coefficient (Wildman–Crippen LogP) is 1.84. The van der Waals surface area contributed by atoms with Gasteiger partial charge in [0, 0.05) is 28.6 Å². The van der Waals surface area contributed by atoms with Crippen molar-refractivity contribution in [1.82, 2.24) is 10.2 Å². The number of nitrogens with zero attached hydrogens (tertiary/aromatic N) is 1. The van der Waals surface area contributed by atoms with Crippen LogP contribution in [0, 0.1) is 18.8 Å². The highest BCUT2D eigenvalue weighted by Crippen LogP contribution is 2.54. The van der Waals surface area contributed by atoms with Crippen LogP contribution in [0.3, 0.4) is 0 Å². The van der Waals surface area contributed by atoms with E-state index in [2.05, 4.69) is 10.6 Å². The van der Waals surface area contributed by atoms with Gasteiger partial charge in [-0.1, -0.05) is 35.9 Å². The molecule has 4 amide bonds. The molecule has 0 unspecified atom stereocenters. The third kappa shape index (κ3) is 3.33. The lowest BCUT2D eigenvalue weighted by molar-refractivity contribution is -0.143. The SMILES string of the molecule is COc1ccccc1CN1C(=O)[C@H]2[C@H](CCC(N)=O)N[C@]3(C(=O)Nc4c3ccc(Cl)c4C)[C@@H]2C1=O. The van der Waals surface area contributed by atoms with Gasteiger partial charge in [-0.05, 0) is 31.0 Å². The summed E-state index contributed by atoms with van der Waals surface area (Å²) < 4.78 is 5.40. The molecule has 9 nitrogen and oxygen atoms in total. The van der Waals surface area contributed by atoms with Gasteiger partial charge < -0.3 is 15.8 Å². The van der Waals surface area contributed by atoms with E-state index in [-0.39, 0.29) is 19.4 Å². The Hall–Kier alpha value is -3.43. The van der Waals surface area contributed by atoms with E-state index in [1.807, 2.05) is 0 Å². The Morgan fingerprint density at radius 3 is 2.63 bits per heavy atom. The molecular formula is C25H25ClN4O5. The van der Waals surface area contributed by atoms with Crippen LogP contribution in [0.25, 0.3) is 0 Å². The molecule has 0 aromatic heterocycles. The summed E-state index contributed by atoms with van der Waals surface area (Å²) in [5.74, 6) is -3.04. The van der Waals surface area contributed by atoms with Crippen molar-refractivity contribution < 1.29 is 23.9 Å². The second kappa shape index (κ2) is 8.35. The quantitative estimate of drug-likeness (QED) is 0.523. The molecule has 4 N–H and O–H groups in total. The first-order valence-electron chi connectivity index (χ1n) is 11.3. The Bertz CT molecular complexity index is 1280. The number of primary amides is 1. The predicted molar refractivity (Wildman–Crippen MR) is 127 cm³/mol. The summed E-state index contributed by atoms with van der Waals surface area (Å²) >= 11 is 6.29. The van der Waals surface area contributed by atoms with Gasteiger partial charge in [0.1, 0.15) is 11.3 Å². The zero-order valence-electron chi connectivity index (χ0n) is 19.3. The smallest absolute Gasteiger partial charge is 0.250 e. The van der Waals surface area contributed by atoms with Gasteiger partial charge in [0.25, 0.3) is 0 Å². The van der Waals surface area contributed by atoms with E-state index < -0.39 is 47.0 Å². The van der Waals surface area contributed by atoms with Crippen LogP contribution in [0.1, 0.15) is 29.5 Å². The average Bonchev–Trinajstić information content (AvgIpc) is 3.41. The van der Waals surface area contributed by atoms with Crippen LogP contribution < -0.4 is 21.1 Å². The highest BCUT2D eigenvalue weighted by molar-refractivity contribution is 6.32. The molecule has 0 bridgehead atoms. The summed E-state index contributed by atoms with van der Waals surface area (Å²) in [6.45, 7) is 1.80. The Balaban J connectivity index is 1.60. The molecule has 2 fully saturated rings. The molecule has 2 aromatic rings. The van der Waals surface area contributed by atoms with Crippen LogP contribution in [0.2, 0.25) is 5.02 Å². The van der Waals surface area contributed by atoms with Crippen LogP contribution in [0.15, 0.2) is 36.4 Å². The fraction of sp³-hybridized carbons (Fsp3) is 0.360. The van der Waals surface area contributed by atoms with Gasteiger partial charge >= 0.3 is 0 Å². The number of carbonyl (C=O) groups is 4. The first kappa shape index (κ1) is 23.3. The molecule has 182 valence electrons. The normalized spacial score (nSPS) is 26.8. The number of halogens is 1. The number of hydrogen-bond acceptors (Lipinski definition) is 6. The van der Waals surface area contributed by atoms with E-state index in [0.717, 1.165) is 0 Å². The first-order chi connectivity index (χ1) is 16.7. The number of para-hydroxylation sites is 1. The fourth-order valence-electron chi connectivity index (χ4n) is 5.76. The summed E-state index contributed by atoms with van der Waals surface area (Å²) in [6.07, 6.45) is 0.230. The molecule has 1 spiro atoms.